The number of amides is 4. The Kier molecular flexibility index (Phi) is 13.0. The van der Waals surface area contributed by atoms with Crippen LogP contribution in [-0.2, 0) is 4.74 Å². The standard InChI is InChI=1S/C24H21ClN4O4.C16H16ClN5O2/c1-33-24(32)18-20(27-21(19(25)26-18)28-14-8-9-15-28)29(22(30)16-10-4-2-5-11-16)23(31)17-12-6-3-7-13-17;17-12-15(22-8-4-5-9-22)20-14(11(19-12)13(18)23)21-16(24)10-6-2-1-3-7-10/h2-7,10-13H,8-9,14-15H2,1H3;1-3,6-7H,4-5,8-9H2,(H2,18,23)(H,20,21,24). The van der Waals surface area contributed by atoms with Gasteiger partial charge < -0.3 is 25.6 Å². The highest BCUT2D eigenvalue weighted by atomic mass is 35.5. The van der Waals surface area contributed by atoms with E-state index in [0.717, 1.165) is 43.7 Å². The number of hydrogen-bond acceptors (Lipinski definition) is 12. The Labute approximate surface area is 337 Å². The number of nitrogens with one attached hydrogen (secondary N) is 1. The number of rotatable bonds is 9. The molecular formula is C40H37Cl2N9O6. The number of hydrogen-bond donors (Lipinski definition) is 2. The Morgan fingerprint density at radius 2 is 1.05 bits per heavy atom. The second-order valence-electron chi connectivity index (χ2n) is 12.8. The number of halogens is 2. The maximum atomic E-state index is 13.6. The van der Waals surface area contributed by atoms with Gasteiger partial charge in [0.15, 0.2) is 45.0 Å². The number of anilines is 4. The number of ether oxygens (including phenoxy) is 1. The van der Waals surface area contributed by atoms with E-state index in [9.17, 15) is 24.0 Å². The molecule has 4 amide bonds. The quantitative estimate of drug-likeness (QED) is 0.129. The van der Waals surface area contributed by atoms with Crippen LogP contribution in [0.3, 0.4) is 0 Å². The van der Waals surface area contributed by atoms with Gasteiger partial charge >= 0.3 is 5.97 Å². The van der Waals surface area contributed by atoms with E-state index in [0.29, 0.717) is 30.3 Å². The van der Waals surface area contributed by atoms with Gasteiger partial charge in [0.05, 0.1) is 7.11 Å². The average molecular weight is 811 g/mol. The molecule has 57 heavy (non-hydrogen) atoms. The molecule has 0 unspecified atom stereocenters. The fraction of sp³-hybridized carbons (Fsp3) is 0.225. The molecule has 0 radical (unpaired) electrons. The molecule has 7 rings (SSSR count). The summed E-state index contributed by atoms with van der Waals surface area (Å²) < 4.78 is 4.86. The number of nitrogens with zero attached hydrogens (tertiary/aromatic N) is 7. The highest BCUT2D eigenvalue weighted by Gasteiger charge is 2.34. The van der Waals surface area contributed by atoms with Crippen molar-refractivity contribution >= 4 is 76.1 Å². The van der Waals surface area contributed by atoms with Gasteiger partial charge in [0.2, 0.25) is 0 Å². The normalized spacial score (nSPS) is 13.3. The maximum Gasteiger partial charge on any atom is 0.360 e. The molecule has 5 aromatic rings. The van der Waals surface area contributed by atoms with E-state index in [1.165, 1.54) is 7.11 Å². The minimum atomic E-state index is -0.862. The molecule has 0 atom stereocenters. The number of nitrogens with two attached hydrogens (primary N) is 1. The molecule has 15 nitrogen and oxygen atoms in total. The Balaban J connectivity index is 0.000000203. The van der Waals surface area contributed by atoms with Crippen LogP contribution in [0.15, 0.2) is 91.0 Å². The molecule has 0 bridgehead atoms. The highest BCUT2D eigenvalue weighted by Crippen LogP contribution is 2.32. The predicted molar refractivity (Wildman–Crippen MR) is 215 cm³/mol. The Hall–Kier alpha value is -6.45. The molecule has 17 heteroatoms. The molecule has 3 aromatic carbocycles. The Morgan fingerprint density at radius 1 is 0.632 bits per heavy atom. The van der Waals surface area contributed by atoms with Crippen LogP contribution in [0.4, 0.5) is 23.3 Å². The summed E-state index contributed by atoms with van der Waals surface area (Å²) in [5, 5.41) is 2.70. The van der Waals surface area contributed by atoms with Gasteiger partial charge in [-0.3, -0.25) is 19.2 Å². The first-order chi connectivity index (χ1) is 27.6. The summed E-state index contributed by atoms with van der Waals surface area (Å²) in [4.78, 5) is 85.6. The van der Waals surface area contributed by atoms with Crippen LogP contribution in [0.2, 0.25) is 10.3 Å². The third-order valence-electron chi connectivity index (χ3n) is 9.01. The summed E-state index contributed by atoms with van der Waals surface area (Å²) in [6.45, 7) is 3.00. The molecule has 2 aromatic heterocycles. The van der Waals surface area contributed by atoms with E-state index in [2.05, 4.69) is 25.3 Å². The zero-order valence-corrected chi connectivity index (χ0v) is 32.2. The molecule has 2 fully saturated rings. The van der Waals surface area contributed by atoms with Crippen molar-refractivity contribution < 1.29 is 28.7 Å². The zero-order chi connectivity index (χ0) is 40.5. The van der Waals surface area contributed by atoms with E-state index < -0.39 is 29.6 Å². The van der Waals surface area contributed by atoms with Crippen molar-refractivity contribution in [1.29, 1.82) is 0 Å². The number of imide groups is 1. The van der Waals surface area contributed by atoms with Crippen molar-refractivity contribution in [3.05, 3.63) is 129 Å². The van der Waals surface area contributed by atoms with Crippen LogP contribution in [0.25, 0.3) is 0 Å². The average Bonchev–Trinajstić information content (AvgIpc) is 3.99. The Morgan fingerprint density at radius 3 is 1.49 bits per heavy atom. The SMILES string of the molecule is COC(=O)c1nc(Cl)c(N2CCCC2)nc1N(C(=O)c1ccccc1)C(=O)c1ccccc1.NC(=O)c1nc(Cl)c(N2CCCC2)nc1NC(=O)c1ccccc1. The van der Waals surface area contributed by atoms with E-state index in [1.54, 1.807) is 91.0 Å². The zero-order valence-electron chi connectivity index (χ0n) is 30.7. The van der Waals surface area contributed by atoms with Crippen molar-refractivity contribution in [1.82, 2.24) is 19.9 Å². The van der Waals surface area contributed by atoms with Gasteiger partial charge in [-0.2, -0.15) is 0 Å². The lowest BCUT2D eigenvalue weighted by atomic mass is 10.1. The second-order valence-corrected chi connectivity index (χ2v) is 13.5. The summed E-state index contributed by atoms with van der Waals surface area (Å²) in [5.74, 6) is -2.83. The molecule has 4 heterocycles. The van der Waals surface area contributed by atoms with Gasteiger partial charge in [0.1, 0.15) is 0 Å². The number of primary amides is 1. The van der Waals surface area contributed by atoms with Crippen LogP contribution in [0.1, 0.15) is 77.7 Å². The molecule has 2 aliphatic heterocycles. The predicted octanol–water partition coefficient (Wildman–Crippen LogP) is 6.09. The number of carbonyl (C=O) groups excluding carboxylic acids is 5. The van der Waals surface area contributed by atoms with Crippen molar-refractivity contribution in [3.8, 4) is 0 Å². The first kappa shape index (κ1) is 40.2. The van der Waals surface area contributed by atoms with Gasteiger partial charge in [-0.25, -0.2) is 29.6 Å². The van der Waals surface area contributed by atoms with Gasteiger partial charge in [-0.1, -0.05) is 77.8 Å². The molecule has 0 aliphatic carbocycles. The molecule has 2 aliphatic rings. The molecule has 0 spiro atoms. The fourth-order valence-corrected chi connectivity index (χ4v) is 6.68. The summed E-state index contributed by atoms with van der Waals surface area (Å²) in [7, 11) is 1.18. The minimum absolute atomic E-state index is 0.000296. The Bertz CT molecular complexity index is 2220. The van der Waals surface area contributed by atoms with Crippen molar-refractivity contribution in [2.75, 3.05) is 53.3 Å². The number of esters is 1. The van der Waals surface area contributed by atoms with Gasteiger partial charge in [-0.15, -0.1) is 0 Å². The van der Waals surface area contributed by atoms with Crippen molar-refractivity contribution in [3.63, 3.8) is 0 Å². The lowest BCUT2D eigenvalue weighted by molar-refractivity contribution is 0.0594. The number of benzene rings is 3. The van der Waals surface area contributed by atoms with E-state index >= 15 is 0 Å². The largest absolute Gasteiger partial charge is 0.464 e. The molecular weight excluding hydrogens is 773 g/mol. The first-order valence-electron chi connectivity index (χ1n) is 18.0. The minimum Gasteiger partial charge on any atom is -0.464 e. The number of carbonyl (C=O) groups is 5. The fourth-order valence-electron chi connectivity index (χ4n) is 6.19. The molecule has 292 valence electrons. The van der Waals surface area contributed by atoms with E-state index in [-0.39, 0.29) is 44.5 Å². The summed E-state index contributed by atoms with van der Waals surface area (Å²) in [5.41, 5.74) is 5.79. The monoisotopic (exact) mass is 809 g/mol. The summed E-state index contributed by atoms with van der Waals surface area (Å²) >= 11 is 12.5. The highest BCUT2D eigenvalue weighted by molar-refractivity contribution is 6.33. The second kappa shape index (κ2) is 18.5. The lowest BCUT2D eigenvalue weighted by Crippen LogP contribution is -2.39. The summed E-state index contributed by atoms with van der Waals surface area (Å²) in [6.07, 6.45) is 3.95. The number of aromatic nitrogens is 4. The van der Waals surface area contributed by atoms with Crippen LogP contribution in [0, 0.1) is 0 Å². The third-order valence-corrected chi connectivity index (χ3v) is 9.51. The van der Waals surface area contributed by atoms with Crippen LogP contribution >= 0.6 is 23.2 Å². The lowest BCUT2D eigenvalue weighted by Gasteiger charge is -2.24. The van der Waals surface area contributed by atoms with Crippen LogP contribution in [-0.4, -0.2) is 82.8 Å². The maximum absolute atomic E-state index is 13.6. The van der Waals surface area contributed by atoms with Crippen molar-refractivity contribution in [2.45, 2.75) is 25.7 Å². The van der Waals surface area contributed by atoms with Gasteiger partial charge in [0.25, 0.3) is 23.6 Å². The topological polar surface area (TPSA) is 194 Å². The number of methoxy groups -OCH3 is 1. The molecule has 2 saturated heterocycles. The smallest absolute Gasteiger partial charge is 0.360 e. The van der Waals surface area contributed by atoms with Crippen molar-refractivity contribution in [2.24, 2.45) is 5.73 Å². The molecule has 0 saturated carbocycles. The third kappa shape index (κ3) is 9.34. The first-order valence-corrected chi connectivity index (χ1v) is 18.7. The van der Waals surface area contributed by atoms with Gasteiger partial charge in [-0.05, 0) is 62.1 Å². The van der Waals surface area contributed by atoms with E-state index in [1.807, 2.05) is 9.80 Å². The molecule has 3 N–H and O–H groups in total. The van der Waals surface area contributed by atoms with Crippen LogP contribution < -0.4 is 25.8 Å². The van der Waals surface area contributed by atoms with Crippen LogP contribution in [0.5, 0.6) is 0 Å². The summed E-state index contributed by atoms with van der Waals surface area (Å²) in [6, 6.07) is 25.2. The van der Waals surface area contributed by atoms with E-state index in [4.69, 9.17) is 33.7 Å². The van der Waals surface area contributed by atoms with Gasteiger partial charge in [0, 0.05) is 42.9 Å².